The molecule has 1 saturated carbocycles. The van der Waals surface area contributed by atoms with E-state index in [1.165, 1.54) is 6.42 Å². The summed E-state index contributed by atoms with van der Waals surface area (Å²) in [4.78, 5) is 0. The molecule has 1 N–H and O–H groups in total. The van der Waals surface area contributed by atoms with E-state index in [1.807, 2.05) is 6.07 Å². The maximum absolute atomic E-state index is 5.91. The van der Waals surface area contributed by atoms with E-state index < -0.39 is 0 Å². The number of rotatable bonds is 5. The van der Waals surface area contributed by atoms with E-state index in [1.54, 1.807) is 0 Å². The van der Waals surface area contributed by atoms with Gasteiger partial charge in [-0.25, -0.2) is 0 Å². The van der Waals surface area contributed by atoms with Crippen molar-refractivity contribution < 1.29 is 9.47 Å². The molecule has 1 aromatic rings. The SMILES string of the molecule is CCC(C)Oc1cccc(NC2C3CCOC3C2(C)C)c1. The Morgan fingerprint density at radius 3 is 3.00 bits per heavy atom. The van der Waals surface area contributed by atoms with Crippen molar-refractivity contribution in [2.24, 2.45) is 11.3 Å². The van der Waals surface area contributed by atoms with Crippen molar-refractivity contribution in [3.63, 3.8) is 0 Å². The van der Waals surface area contributed by atoms with Crippen LogP contribution >= 0.6 is 0 Å². The third kappa shape index (κ3) is 2.64. The Morgan fingerprint density at radius 2 is 2.24 bits per heavy atom. The normalized spacial score (nSPS) is 31.1. The zero-order valence-corrected chi connectivity index (χ0v) is 13.6. The Morgan fingerprint density at radius 1 is 1.43 bits per heavy atom. The van der Waals surface area contributed by atoms with E-state index in [-0.39, 0.29) is 11.5 Å². The third-order valence-electron chi connectivity index (χ3n) is 5.17. The smallest absolute Gasteiger partial charge is 0.121 e. The fourth-order valence-corrected chi connectivity index (χ4v) is 3.77. The standard InChI is InChI=1S/C18H27NO2/c1-5-12(2)21-14-8-6-7-13(11-14)19-16-15-9-10-20-17(15)18(16,3)4/h6-8,11-12,15-17,19H,5,9-10H2,1-4H3. The largest absolute Gasteiger partial charge is 0.491 e. The third-order valence-corrected chi connectivity index (χ3v) is 5.17. The van der Waals surface area contributed by atoms with Crippen LogP contribution in [-0.4, -0.2) is 24.9 Å². The molecule has 0 bridgehead atoms. The Balaban J connectivity index is 1.69. The minimum atomic E-state index is 0.203. The Kier molecular flexibility index (Phi) is 3.87. The molecule has 0 amide bonds. The number of nitrogens with one attached hydrogen (secondary N) is 1. The van der Waals surface area contributed by atoms with Crippen LogP contribution in [0.3, 0.4) is 0 Å². The van der Waals surface area contributed by atoms with Crippen LogP contribution in [0.4, 0.5) is 5.69 Å². The van der Waals surface area contributed by atoms with Crippen LogP contribution in [0.2, 0.25) is 0 Å². The van der Waals surface area contributed by atoms with Gasteiger partial charge in [0.05, 0.1) is 12.2 Å². The van der Waals surface area contributed by atoms with Gasteiger partial charge in [-0.1, -0.05) is 26.8 Å². The molecule has 2 aliphatic rings. The molecule has 0 radical (unpaired) electrons. The summed E-state index contributed by atoms with van der Waals surface area (Å²) in [5.74, 6) is 1.60. The summed E-state index contributed by atoms with van der Waals surface area (Å²) in [6.07, 6.45) is 2.88. The Labute approximate surface area is 128 Å². The molecule has 21 heavy (non-hydrogen) atoms. The molecular weight excluding hydrogens is 262 g/mol. The van der Waals surface area contributed by atoms with Gasteiger partial charge >= 0.3 is 0 Å². The zero-order valence-electron chi connectivity index (χ0n) is 13.6. The van der Waals surface area contributed by atoms with Gasteiger partial charge in [0.1, 0.15) is 5.75 Å². The predicted octanol–water partition coefficient (Wildman–Crippen LogP) is 4.09. The van der Waals surface area contributed by atoms with Gasteiger partial charge in [-0.05, 0) is 31.9 Å². The summed E-state index contributed by atoms with van der Waals surface area (Å²) in [5, 5.41) is 3.71. The zero-order chi connectivity index (χ0) is 15.0. The first-order valence-electron chi connectivity index (χ1n) is 8.17. The van der Waals surface area contributed by atoms with Crippen LogP contribution in [0, 0.1) is 11.3 Å². The quantitative estimate of drug-likeness (QED) is 0.885. The van der Waals surface area contributed by atoms with Crippen LogP contribution in [0.25, 0.3) is 0 Å². The molecule has 1 aliphatic carbocycles. The molecule has 4 unspecified atom stereocenters. The summed E-state index contributed by atoms with van der Waals surface area (Å²) in [7, 11) is 0. The molecule has 3 nitrogen and oxygen atoms in total. The summed E-state index contributed by atoms with van der Waals surface area (Å²) in [5.41, 5.74) is 1.36. The van der Waals surface area contributed by atoms with E-state index in [0.717, 1.165) is 24.5 Å². The van der Waals surface area contributed by atoms with Crippen molar-refractivity contribution >= 4 is 5.69 Å². The average molecular weight is 289 g/mol. The molecule has 2 fully saturated rings. The van der Waals surface area contributed by atoms with Crippen LogP contribution in [0.1, 0.15) is 40.5 Å². The molecule has 1 heterocycles. The van der Waals surface area contributed by atoms with Gasteiger partial charge in [-0.2, -0.15) is 0 Å². The van der Waals surface area contributed by atoms with E-state index in [4.69, 9.17) is 9.47 Å². The van der Waals surface area contributed by atoms with E-state index in [0.29, 0.717) is 18.1 Å². The van der Waals surface area contributed by atoms with Crippen molar-refractivity contribution in [1.29, 1.82) is 0 Å². The van der Waals surface area contributed by atoms with E-state index in [2.05, 4.69) is 51.2 Å². The first-order valence-corrected chi connectivity index (χ1v) is 8.17. The highest BCUT2D eigenvalue weighted by atomic mass is 16.5. The van der Waals surface area contributed by atoms with Gasteiger partial charge in [0.15, 0.2) is 0 Å². The second kappa shape index (κ2) is 5.53. The van der Waals surface area contributed by atoms with E-state index in [9.17, 15) is 0 Å². The fraction of sp³-hybridized carbons (Fsp3) is 0.667. The molecule has 4 atom stereocenters. The molecule has 0 spiro atoms. The molecule has 3 rings (SSSR count). The van der Waals surface area contributed by atoms with Crippen LogP contribution in [0.15, 0.2) is 24.3 Å². The second-order valence-corrected chi connectivity index (χ2v) is 7.05. The van der Waals surface area contributed by atoms with Crippen LogP contribution in [0.5, 0.6) is 5.75 Å². The minimum absolute atomic E-state index is 0.203. The molecule has 3 heteroatoms. The number of benzene rings is 1. The van der Waals surface area contributed by atoms with Crippen molar-refractivity contribution in [3.05, 3.63) is 24.3 Å². The number of hydrogen-bond acceptors (Lipinski definition) is 3. The summed E-state index contributed by atoms with van der Waals surface area (Å²) >= 11 is 0. The lowest BCUT2D eigenvalue weighted by Gasteiger charge is -2.55. The number of hydrogen-bond donors (Lipinski definition) is 1. The molecular formula is C18H27NO2. The molecule has 116 valence electrons. The molecule has 1 saturated heterocycles. The highest BCUT2D eigenvalue weighted by molar-refractivity contribution is 5.50. The lowest BCUT2D eigenvalue weighted by Crippen LogP contribution is -2.63. The summed E-state index contributed by atoms with van der Waals surface area (Å²) in [6.45, 7) is 9.76. The van der Waals surface area contributed by atoms with Crippen LogP contribution in [-0.2, 0) is 4.74 Å². The van der Waals surface area contributed by atoms with Gasteiger partial charge < -0.3 is 14.8 Å². The Bertz CT molecular complexity index is 500. The summed E-state index contributed by atoms with van der Waals surface area (Å²) < 4.78 is 11.8. The maximum atomic E-state index is 5.91. The van der Waals surface area contributed by atoms with E-state index >= 15 is 0 Å². The maximum Gasteiger partial charge on any atom is 0.121 e. The van der Waals surface area contributed by atoms with Gasteiger partial charge in [-0.3, -0.25) is 0 Å². The van der Waals surface area contributed by atoms with Gasteiger partial charge in [0.2, 0.25) is 0 Å². The topological polar surface area (TPSA) is 30.5 Å². The first kappa shape index (κ1) is 14.7. The fourth-order valence-electron chi connectivity index (χ4n) is 3.77. The minimum Gasteiger partial charge on any atom is -0.491 e. The molecule has 1 aliphatic heterocycles. The molecule has 0 aromatic heterocycles. The average Bonchev–Trinajstić information content (AvgIpc) is 2.92. The van der Waals surface area contributed by atoms with Crippen molar-refractivity contribution in [2.45, 2.75) is 58.8 Å². The van der Waals surface area contributed by atoms with Crippen molar-refractivity contribution in [3.8, 4) is 5.75 Å². The van der Waals surface area contributed by atoms with Crippen molar-refractivity contribution in [1.82, 2.24) is 0 Å². The van der Waals surface area contributed by atoms with Gasteiger partial charge in [-0.15, -0.1) is 0 Å². The lowest BCUT2D eigenvalue weighted by molar-refractivity contribution is -0.0923. The number of ether oxygens (including phenoxy) is 2. The number of anilines is 1. The van der Waals surface area contributed by atoms with Crippen molar-refractivity contribution in [2.75, 3.05) is 11.9 Å². The Hall–Kier alpha value is -1.22. The van der Waals surface area contributed by atoms with Gasteiger partial charge in [0, 0.05) is 35.7 Å². The van der Waals surface area contributed by atoms with Gasteiger partial charge in [0.25, 0.3) is 0 Å². The predicted molar refractivity (Wildman–Crippen MR) is 85.9 cm³/mol. The van der Waals surface area contributed by atoms with Crippen LogP contribution < -0.4 is 10.1 Å². The summed E-state index contributed by atoms with van der Waals surface area (Å²) in [6, 6.07) is 8.83. The molecule has 1 aromatic carbocycles. The second-order valence-electron chi connectivity index (χ2n) is 7.05. The first-order chi connectivity index (χ1) is 10.0. The number of fused-ring (bicyclic) bond motifs is 1. The monoisotopic (exact) mass is 289 g/mol. The highest BCUT2D eigenvalue weighted by Gasteiger charge is 2.59. The highest BCUT2D eigenvalue weighted by Crippen LogP contribution is 2.53. The lowest BCUT2D eigenvalue weighted by atomic mass is 9.57.